The molecule has 0 bridgehead atoms. The third-order valence-corrected chi connectivity index (χ3v) is 2.90. The van der Waals surface area contributed by atoms with E-state index < -0.39 is 0 Å². The fourth-order valence-electron chi connectivity index (χ4n) is 1.96. The number of nitrogens with zero attached hydrogens (tertiary/aromatic N) is 1. The minimum atomic E-state index is -0.147. The quantitative estimate of drug-likeness (QED) is 0.816. The Kier molecular flexibility index (Phi) is 6.38. The smallest absolute Gasteiger partial charge is 0.122 e. The number of nitriles is 1. The first-order chi connectivity index (χ1) is 9.04. The molecule has 1 rings (SSSR count). The van der Waals surface area contributed by atoms with E-state index in [1.54, 1.807) is 0 Å². The lowest BCUT2D eigenvalue weighted by Crippen LogP contribution is -2.34. The molecule has 0 aliphatic carbocycles. The van der Waals surface area contributed by atoms with Crippen LogP contribution in [0.4, 0.5) is 0 Å². The molecular weight excluding hydrogens is 236 g/mol. The van der Waals surface area contributed by atoms with Crippen LogP contribution >= 0.6 is 0 Å². The molecule has 3 heteroatoms. The van der Waals surface area contributed by atoms with Crippen molar-refractivity contribution in [2.24, 2.45) is 0 Å². The summed E-state index contributed by atoms with van der Waals surface area (Å²) in [7, 11) is 0. The molecule has 0 fully saturated rings. The highest BCUT2D eigenvalue weighted by Gasteiger charge is 2.10. The maximum atomic E-state index is 9.05. The summed E-state index contributed by atoms with van der Waals surface area (Å²) >= 11 is 0. The molecule has 0 spiro atoms. The van der Waals surface area contributed by atoms with Crippen LogP contribution in [0, 0.1) is 11.3 Å². The van der Waals surface area contributed by atoms with Crippen molar-refractivity contribution >= 4 is 0 Å². The van der Waals surface area contributed by atoms with Crippen LogP contribution in [0.3, 0.4) is 0 Å². The van der Waals surface area contributed by atoms with Crippen molar-refractivity contribution in [1.82, 2.24) is 5.32 Å². The maximum Gasteiger partial charge on any atom is 0.122 e. The van der Waals surface area contributed by atoms with E-state index in [1.165, 1.54) is 5.56 Å². The van der Waals surface area contributed by atoms with Crippen molar-refractivity contribution in [2.45, 2.75) is 52.1 Å². The number of nitrogens with one attached hydrogen (secondary N) is 1. The first-order valence-electron chi connectivity index (χ1n) is 6.92. The number of benzene rings is 1. The molecule has 104 valence electrons. The molecule has 0 aromatic heterocycles. The first-order valence-corrected chi connectivity index (χ1v) is 6.92. The molecule has 0 heterocycles. The van der Waals surface area contributed by atoms with Crippen molar-refractivity contribution in [2.75, 3.05) is 6.61 Å². The highest BCUT2D eigenvalue weighted by molar-refractivity contribution is 5.35. The van der Waals surface area contributed by atoms with Gasteiger partial charge >= 0.3 is 0 Å². The lowest BCUT2D eigenvalue weighted by Gasteiger charge is -2.17. The fourth-order valence-corrected chi connectivity index (χ4v) is 1.96. The van der Waals surface area contributed by atoms with Gasteiger partial charge in [0.15, 0.2) is 0 Å². The van der Waals surface area contributed by atoms with Crippen molar-refractivity contribution < 1.29 is 4.74 Å². The second-order valence-corrected chi connectivity index (χ2v) is 5.33. The number of rotatable bonds is 7. The van der Waals surface area contributed by atoms with E-state index in [4.69, 9.17) is 10.00 Å². The molecule has 19 heavy (non-hydrogen) atoms. The normalized spacial score (nSPS) is 12.5. The molecule has 3 nitrogen and oxygen atoms in total. The van der Waals surface area contributed by atoms with Crippen LogP contribution in [0.2, 0.25) is 0 Å². The van der Waals surface area contributed by atoms with Gasteiger partial charge in [-0.3, -0.25) is 5.32 Å². The topological polar surface area (TPSA) is 45.0 Å². The van der Waals surface area contributed by atoms with Crippen LogP contribution in [0.25, 0.3) is 0 Å². The lowest BCUT2D eigenvalue weighted by molar-refractivity contribution is 0.291. The zero-order valence-electron chi connectivity index (χ0n) is 12.3. The van der Waals surface area contributed by atoms with E-state index in [2.05, 4.69) is 31.3 Å². The molecule has 0 radical (unpaired) electrons. The molecule has 1 aromatic rings. The Balaban J connectivity index is 2.51. The molecular formula is C16H24N2O. The number of hydrogen-bond donors (Lipinski definition) is 1. The zero-order valence-corrected chi connectivity index (χ0v) is 12.3. The van der Waals surface area contributed by atoms with E-state index in [-0.39, 0.29) is 6.04 Å². The summed E-state index contributed by atoms with van der Waals surface area (Å²) in [5.74, 6) is 1.37. The maximum absolute atomic E-state index is 9.05. The van der Waals surface area contributed by atoms with Gasteiger partial charge in [0, 0.05) is 12.5 Å². The summed E-state index contributed by atoms with van der Waals surface area (Å²) in [6.07, 6.45) is 0.696. The van der Waals surface area contributed by atoms with Gasteiger partial charge in [0.1, 0.15) is 5.75 Å². The Hall–Kier alpha value is -1.53. The Morgan fingerprint density at radius 2 is 1.89 bits per heavy atom. The molecule has 0 saturated carbocycles. The van der Waals surface area contributed by atoms with Crippen molar-refractivity contribution in [3.63, 3.8) is 0 Å². The van der Waals surface area contributed by atoms with Crippen LogP contribution in [0.5, 0.6) is 5.75 Å². The highest BCUT2D eigenvalue weighted by Crippen LogP contribution is 2.25. The molecule has 1 aromatic carbocycles. The van der Waals surface area contributed by atoms with E-state index in [0.29, 0.717) is 25.0 Å². The van der Waals surface area contributed by atoms with Gasteiger partial charge in [0.2, 0.25) is 0 Å². The average Bonchev–Trinajstić information content (AvgIpc) is 2.37. The SMILES string of the molecule is CC(C)NC(C#N)CCOc1ccccc1C(C)C. The van der Waals surface area contributed by atoms with Gasteiger partial charge in [-0.25, -0.2) is 0 Å². The van der Waals surface area contributed by atoms with Gasteiger partial charge in [0.25, 0.3) is 0 Å². The van der Waals surface area contributed by atoms with Gasteiger partial charge in [0.05, 0.1) is 18.7 Å². The molecule has 0 saturated heterocycles. The van der Waals surface area contributed by atoms with Gasteiger partial charge < -0.3 is 4.74 Å². The van der Waals surface area contributed by atoms with Crippen LogP contribution in [0.15, 0.2) is 24.3 Å². The van der Waals surface area contributed by atoms with Gasteiger partial charge in [-0.2, -0.15) is 5.26 Å². The average molecular weight is 260 g/mol. The standard InChI is InChI=1S/C16H24N2O/c1-12(2)15-7-5-6-8-16(15)19-10-9-14(11-17)18-13(3)4/h5-8,12-14,18H,9-10H2,1-4H3. The molecule has 0 aliphatic heterocycles. The van der Waals surface area contributed by atoms with Crippen molar-refractivity contribution in [1.29, 1.82) is 5.26 Å². The molecule has 0 amide bonds. The third-order valence-electron chi connectivity index (χ3n) is 2.90. The third kappa shape index (κ3) is 5.32. The Morgan fingerprint density at radius 1 is 1.21 bits per heavy atom. The number of para-hydroxylation sites is 1. The lowest BCUT2D eigenvalue weighted by atomic mass is 10.0. The summed E-state index contributed by atoms with van der Waals surface area (Å²) in [5.41, 5.74) is 1.22. The van der Waals surface area contributed by atoms with E-state index in [9.17, 15) is 0 Å². The summed E-state index contributed by atoms with van der Waals surface area (Å²) in [6.45, 7) is 8.95. The second-order valence-electron chi connectivity index (χ2n) is 5.33. The van der Waals surface area contributed by atoms with E-state index in [1.807, 2.05) is 32.0 Å². The fraction of sp³-hybridized carbons (Fsp3) is 0.562. The Morgan fingerprint density at radius 3 is 2.47 bits per heavy atom. The molecule has 1 N–H and O–H groups in total. The predicted molar refractivity (Wildman–Crippen MR) is 78.3 cm³/mol. The van der Waals surface area contributed by atoms with Gasteiger partial charge in [-0.15, -0.1) is 0 Å². The largest absolute Gasteiger partial charge is 0.493 e. The predicted octanol–water partition coefficient (Wildman–Crippen LogP) is 3.47. The number of hydrogen-bond acceptors (Lipinski definition) is 3. The van der Waals surface area contributed by atoms with Gasteiger partial charge in [-0.1, -0.05) is 32.0 Å². The molecule has 1 atom stereocenters. The monoisotopic (exact) mass is 260 g/mol. The Labute approximate surface area is 116 Å². The minimum absolute atomic E-state index is 0.147. The van der Waals surface area contributed by atoms with Crippen LogP contribution in [-0.2, 0) is 0 Å². The van der Waals surface area contributed by atoms with Crippen LogP contribution in [-0.4, -0.2) is 18.7 Å². The second kappa shape index (κ2) is 7.81. The summed E-state index contributed by atoms with van der Waals surface area (Å²) in [4.78, 5) is 0. The summed E-state index contributed by atoms with van der Waals surface area (Å²) < 4.78 is 5.82. The van der Waals surface area contributed by atoms with Crippen molar-refractivity contribution in [3.05, 3.63) is 29.8 Å². The van der Waals surface area contributed by atoms with Gasteiger partial charge in [-0.05, 0) is 31.4 Å². The Bertz CT molecular complexity index is 421. The van der Waals surface area contributed by atoms with E-state index in [0.717, 1.165) is 5.75 Å². The first kappa shape index (κ1) is 15.5. The molecule has 1 unspecified atom stereocenters. The molecule has 0 aliphatic rings. The van der Waals surface area contributed by atoms with Crippen molar-refractivity contribution in [3.8, 4) is 11.8 Å². The summed E-state index contributed by atoms with van der Waals surface area (Å²) in [6, 6.07) is 10.5. The highest BCUT2D eigenvalue weighted by atomic mass is 16.5. The van der Waals surface area contributed by atoms with Crippen LogP contribution in [0.1, 0.15) is 45.6 Å². The number of ether oxygens (including phenoxy) is 1. The zero-order chi connectivity index (χ0) is 14.3. The van der Waals surface area contributed by atoms with E-state index >= 15 is 0 Å². The van der Waals surface area contributed by atoms with Crippen LogP contribution < -0.4 is 10.1 Å². The summed E-state index contributed by atoms with van der Waals surface area (Å²) in [5, 5.41) is 12.3. The minimum Gasteiger partial charge on any atom is -0.493 e.